The van der Waals surface area contributed by atoms with Crippen LogP contribution in [-0.4, -0.2) is 35.6 Å². The summed E-state index contributed by atoms with van der Waals surface area (Å²) in [5.74, 6) is 1.77. The summed E-state index contributed by atoms with van der Waals surface area (Å²) in [6.07, 6.45) is 10.4. The smallest absolute Gasteiger partial charge is 0.187 e. The number of anilines is 1. The number of thiazole rings is 1. The molecule has 0 aromatic carbocycles. The second-order valence-electron chi connectivity index (χ2n) is 6.76. The molecule has 148 valence electrons. The van der Waals surface area contributed by atoms with E-state index in [1.807, 2.05) is 6.92 Å². The Morgan fingerprint density at radius 1 is 1.29 bits per heavy atom. The molecule has 28 heavy (non-hydrogen) atoms. The first-order valence-corrected chi connectivity index (χ1v) is 11.2. The summed E-state index contributed by atoms with van der Waals surface area (Å²) in [5.41, 5.74) is 5.25. The molecule has 5 nitrogen and oxygen atoms in total. The number of amidine groups is 1. The Morgan fingerprint density at radius 2 is 2.11 bits per heavy atom. The van der Waals surface area contributed by atoms with E-state index in [0.29, 0.717) is 0 Å². The van der Waals surface area contributed by atoms with Gasteiger partial charge >= 0.3 is 0 Å². The fraction of sp³-hybridized carbons (Fsp3) is 0.333. The van der Waals surface area contributed by atoms with E-state index in [1.165, 1.54) is 5.70 Å². The van der Waals surface area contributed by atoms with Crippen LogP contribution < -0.4 is 10.6 Å². The van der Waals surface area contributed by atoms with Crippen molar-refractivity contribution in [2.45, 2.75) is 26.7 Å². The van der Waals surface area contributed by atoms with Crippen LogP contribution in [0.4, 0.5) is 5.13 Å². The first kappa shape index (κ1) is 20.5. The molecule has 1 aliphatic heterocycles. The fourth-order valence-electron chi connectivity index (χ4n) is 2.75. The molecule has 0 saturated carbocycles. The fourth-order valence-corrected chi connectivity index (χ4v) is 4.47. The lowest BCUT2D eigenvalue weighted by Crippen LogP contribution is -2.26. The van der Waals surface area contributed by atoms with Crippen molar-refractivity contribution < 1.29 is 0 Å². The highest BCUT2D eigenvalue weighted by molar-refractivity contribution is 8.09. The maximum atomic E-state index is 4.78. The molecule has 1 aromatic heterocycles. The lowest BCUT2D eigenvalue weighted by Gasteiger charge is -2.17. The highest BCUT2D eigenvalue weighted by Crippen LogP contribution is 2.36. The van der Waals surface area contributed by atoms with Crippen molar-refractivity contribution in [1.29, 1.82) is 0 Å². The van der Waals surface area contributed by atoms with Crippen molar-refractivity contribution in [3.63, 3.8) is 0 Å². The molecule has 0 radical (unpaired) electrons. The largest absolute Gasteiger partial charge is 0.378 e. The van der Waals surface area contributed by atoms with Gasteiger partial charge in [0.25, 0.3) is 0 Å². The number of likely N-dealkylation sites (N-methyl/N-ethyl adjacent to an activating group) is 1. The topological polar surface area (TPSA) is 52.6 Å². The van der Waals surface area contributed by atoms with Crippen molar-refractivity contribution in [1.82, 2.24) is 15.2 Å². The third kappa shape index (κ3) is 5.17. The van der Waals surface area contributed by atoms with Crippen LogP contribution in [0.5, 0.6) is 0 Å². The van der Waals surface area contributed by atoms with Gasteiger partial charge in [-0.3, -0.25) is 0 Å². The lowest BCUT2D eigenvalue weighted by atomic mass is 10.3. The van der Waals surface area contributed by atoms with Gasteiger partial charge < -0.3 is 15.5 Å². The highest BCUT2D eigenvalue weighted by Gasteiger charge is 2.17. The van der Waals surface area contributed by atoms with Crippen molar-refractivity contribution in [3.8, 4) is 0 Å². The average Bonchev–Trinajstić information content (AvgIpc) is 2.98. The molecule has 0 amide bonds. The number of nitrogens with one attached hydrogen (secondary N) is 2. The second kappa shape index (κ2) is 9.30. The van der Waals surface area contributed by atoms with Crippen LogP contribution in [0, 0.1) is 0 Å². The summed E-state index contributed by atoms with van der Waals surface area (Å²) < 4.78 is 0. The van der Waals surface area contributed by atoms with Crippen molar-refractivity contribution in [3.05, 3.63) is 64.7 Å². The van der Waals surface area contributed by atoms with Crippen LogP contribution >= 0.6 is 23.1 Å². The molecule has 2 N–H and O–H groups in total. The first-order valence-electron chi connectivity index (χ1n) is 9.31. The quantitative estimate of drug-likeness (QED) is 0.672. The van der Waals surface area contributed by atoms with E-state index >= 15 is 0 Å². The molecule has 0 fully saturated rings. The van der Waals surface area contributed by atoms with Gasteiger partial charge in [0.05, 0.1) is 22.0 Å². The molecule has 2 heterocycles. The third-order valence-corrected chi connectivity index (χ3v) is 6.30. The van der Waals surface area contributed by atoms with Gasteiger partial charge in [0.15, 0.2) is 5.13 Å². The Morgan fingerprint density at radius 3 is 2.82 bits per heavy atom. The van der Waals surface area contributed by atoms with Gasteiger partial charge in [-0.15, -0.1) is 23.1 Å². The number of nitrogens with zero attached hydrogens (tertiary/aromatic N) is 3. The highest BCUT2D eigenvalue weighted by atomic mass is 32.2. The number of allylic oxidation sites excluding steroid dienone is 6. The van der Waals surface area contributed by atoms with Gasteiger partial charge in [-0.05, 0) is 31.9 Å². The predicted octanol–water partition coefficient (Wildman–Crippen LogP) is 5.19. The maximum absolute atomic E-state index is 4.78. The molecule has 0 atom stereocenters. The summed E-state index contributed by atoms with van der Waals surface area (Å²) in [4.78, 5) is 12.7. The van der Waals surface area contributed by atoms with Crippen molar-refractivity contribution in [2.75, 3.05) is 25.2 Å². The molecule has 2 aliphatic rings. The van der Waals surface area contributed by atoms with Crippen LogP contribution in [0.15, 0.2) is 64.0 Å². The number of aromatic nitrogens is 1. The Hall–Kier alpha value is -2.25. The Labute approximate surface area is 175 Å². The normalized spacial score (nSPS) is 16.8. The Balaban J connectivity index is 1.69. The zero-order chi connectivity index (χ0) is 20.1. The van der Waals surface area contributed by atoms with Gasteiger partial charge in [0.1, 0.15) is 5.84 Å². The minimum absolute atomic E-state index is 0.804. The van der Waals surface area contributed by atoms with Crippen molar-refractivity contribution >= 4 is 39.0 Å². The molecule has 0 unspecified atom stereocenters. The molecule has 0 saturated heterocycles. The van der Waals surface area contributed by atoms with E-state index in [9.17, 15) is 0 Å². The van der Waals surface area contributed by atoms with Crippen LogP contribution in [0.1, 0.15) is 32.4 Å². The van der Waals surface area contributed by atoms with Gasteiger partial charge in [-0.2, -0.15) is 0 Å². The number of aliphatic imine (C=N–C) groups is 1. The predicted molar refractivity (Wildman–Crippen MR) is 124 cm³/mol. The van der Waals surface area contributed by atoms with E-state index < -0.39 is 0 Å². The minimum atomic E-state index is 0.804. The standard InChI is InChI=1S/C21H27N5S2/c1-6-14(2)22-19-13-27-20(15(3)23-19)18-12-28-21(25-18)24-16-8-7-9-17(11-10-16)26(4)5/h8-12H,2,6-7,13H2,1,3-5H3,(H,22,23)(H,24,25). The SMILES string of the molecule is C=C(CC)NC1=NC(C)=C(c2csc(NC3=CCC=C(N(C)C)C=C3)n2)SC1. The molecular formula is C21H27N5S2. The van der Waals surface area contributed by atoms with Gasteiger partial charge in [0, 0.05) is 36.6 Å². The second-order valence-corrected chi connectivity index (χ2v) is 8.60. The Bertz CT molecular complexity index is 900. The van der Waals surface area contributed by atoms with Crippen LogP contribution in [0.2, 0.25) is 0 Å². The van der Waals surface area contributed by atoms with Crippen LogP contribution in [-0.2, 0) is 0 Å². The molecule has 0 bridgehead atoms. The van der Waals surface area contributed by atoms with Gasteiger partial charge in [-0.25, -0.2) is 9.98 Å². The van der Waals surface area contributed by atoms with Gasteiger partial charge in [0.2, 0.25) is 0 Å². The van der Waals surface area contributed by atoms with Crippen molar-refractivity contribution in [2.24, 2.45) is 4.99 Å². The summed E-state index contributed by atoms with van der Waals surface area (Å²) in [6, 6.07) is 0. The van der Waals surface area contributed by atoms with Crippen LogP contribution in [0.25, 0.3) is 4.91 Å². The van der Waals surface area contributed by atoms with E-state index in [4.69, 9.17) is 9.98 Å². The van der Waals surface area contributed by atoms with Gasteiger partial charge in [-0.1, -0.05) is 25.7 Å². The summed E-state index contributed by atoms with van der Waals surface area (Å²) in [6.45, 7) is 8.12. The molecule has 7 heteroatoms. The van der Waals surface area contributed by atoms with Crippen LogP contribution in [0.3, 0.4) is 0 Å². The van der Waals surface area contributed by atoms with E-state index in [-0.39, 0.29) is 0 Å². The molecule has 0 spiro atoms. The molecule has 1 aromatic rings. The minimum Gasteiger partial charge on any atom is -0.378 e. The number of hydrogen-bond acceptors (Lipinski definition) is 7. The third-order valence-electron chi connectivity index (χ3n) is 4.34. The van der Waals surface area contributed by atoms with E-state index in [1.54, 1.807) is 23.1 Å². The zero-order valence-electron chi connectivity index (χ0n) is 16.9. The number of rotatable bonds is 6. The maximum Gasteiger partial charge on any atom is 0.187 e. The number of hydrogen-bond donors (Lipinski definition) is 2. The van der Waals surface area contributed by atoms with E-state index in [2.05, 4.69) is 72.8 Å². The molecule has 3 rings (SSSR count). The zero-order valence-corrected chi connectivity index (χ0v) is 18.5. The molecular weight excluding hydrogens is 386 g/mol. The summed E-state index contributed by atoms with van der Waals surface area (Å²) in [7, 11) is 4.11. The average molecular weight is 414 g/mol. The summed E-state index contributed by atoms with van der Waals surface area (Å²) >= 11 is 3.39. The lowest BCUT2D eigenvalue weighted by molar-refractivity contribution is 0.528. The summed E-state index contributed by atoms with van der Waals surface area (Å²) in [5, 5.41) is 9.72. The van der Waals surface area contributed by atoms with E-state index in [0.717, 1.165) is 57.3 Å². The first-order chi connectivity index (χ1) is 13.5. The monoisotopic (exact) mass is 413 g/mol. The number of thioether (sulfide) groups is 1. The Kier molecular flexibility index (Phi) is 6.80. The molecule has 1 aliphatic carbocycles.